The van der Waals surface area contributed by atoms with E-state index < -0.39 is 0 Å². The van der Waals surface area contributed by atoms with E-state index in [0.717, 1.165) is 15.8 Å². The number of rotatable bonds is 7. The van der Waals surface area contributed by atoms with Crippen molar-refractivity contribution in [2.24, 2.45) is 0 Å². The van der Waals surface area contributed by atoms with E-state index in [2.05, 4.69) is 26.6 Å². The molecule has 2 aromatic rings. The second kappa shape index (κ2) is 8.80. The van der Waals surface area contributed by atoms with Gasteiger partial charge in [0.2, 0.25) is 0 Å². The second-order valence-corrected chi connectivity index (χ2v) is 6.27. The lowest BCUT2D eigenvalue weighted by Gasteiger charge is -2.11. The monoisotopic (exact) mass is 394 g/mol. The zero-order valence-electron chi connectivity index (χ0n) is 13.7. The Hall–Kier alpha value is -1.92. The second-order valence-electron chi connectivity index (χ2n) is 5.35. The Kier molecular flexibility index (Phi) is 6.75. The summed E-state index contributed by atoms with van der Waals surface area (Å²) in [6.45, 7) is 3.33. The molecule has 0 aromatic heterocycles. The molecule has 0 unspecified atom stereocenters. The smallest absolute Gasteiger partial charge is 0.251 e. The van der Waals surface area contributed by atoms with Crippen LogP contribution in [0.15, 0.2) is 40.9 Å². The summed E-state index contributed by atoms with van der Waals surface area (Å²) in [5.74, 6) is 0.156. The van der Waals surface area contributed by atoms with Crippen molar-refractivity contribution in [3.8, 4) is 5.75 Å². The Balaban J connectivity index is 1.78. The molecular weight excluding hydrogens is 375 g/mol. The van der Waals surface area contributed by atoms with Gasteiger partial charge in [-0.1, -0.05) is 22.0 Å². The van der Waals surface area contributed by atoms with Gasteiger partial charge in [0.1, 0.15) is 11.6 Å². The highest BCUT2D eigenvalue weighted by Crippen LogP contribution is 2.22. The van der Waals surface area contributed by atoms with Crippen LogP contribution in [-0.2, 0) is 6.54 Å². The predicted octanol–water partition coefficient (Wildman–Crippen LogP) is 3.42. The van der Waals surface area contributed by atoms with Crippen molar-refractivity contribution in [3.05, 3.63) is 63.4 Å². The number of aryl methyl sites for hydroxylation is 1. The molecule has 4 nitrogen and oxygen atoms in total. The van der Waals surface area contributed by atoms with Crippen molar-refractivity contribution in [1.82, 2.24) is 10.6 Å². The normalized spacial score (nSPS) is 10.5. The van der Waals surface area contributed by atoms with Crippen molar-refractivity contribution in [3.63, 3.8) is 0 Å². The zero-order chi connectivity index (χ0) is 17.5. The van der Waals surface area contributed by atoms with Crippen LogP contribution < -0.4 is 15.4 Å². The maximum absolute atomic E-state index is 13.5. The third-order valence-corrected chi connectivity index (χ3v) is 4.07. The van der Waals surface area contributed by atoms with Gasteiger partial charge in [0.05, 0.1) is 7.11 Å². The molecule has 0 aliphatic rings. The predicted molar refractivity (Wildman–Crippen MR) is 95.9 cm³/mol. The van der Waals surface area contributed by atoms with Crippen LogP contribution in [0.1, 0.15) is 21.5 Å². The van der Waals surface area contributed by atoms with Gasteiger partial charge in [-0.3, -0.25) is 4.79 Å². The van der Waals surface area contributed by atoms with Crippen LogP contribution in [0.4, 0.5) is 4.39 Å². The molecule has 0 atom stereocenters. The molecule has 0 heterocycles. The van der Waals surface area contributed by atoms with E-state index in [1.54, 1.807) is 26.2 Å². The number of carbonyl (C=O) groups excluding carboxylic acids is 1. The maximum Gasteiger partial charge on any atom is 0.251 e. The molecule has 2 rings (SSSR count). The summed E-state index contributed by atoms with van der Waals surface area (Å²) in [5, 5.41) is 6.00. The molecule has 0 bridgehead atoms. The Morgan fingerprint density at radius 3 is 2.71 bits per heavy atom. The molecule has 0 aliphatic carbocycles. The number of amides is 1. The van der Waals surface area contributed by atoms with Crippen LogP contribution in [0.25, 0.3) is 0 Å². The molecule has 24 heavy (non-hydrogen) atoms. The van der Waals surface area contributed by atoms with Gasteiger partial charge in [0.25, 0.3) is 5.91 Å². The van der Waals surface area contributed by atoms with E-state index in [9.17, 15) is 9.18 Å². The van der Waals surface area contributed by atoms with E-state index in [0.29, 0.717) is 30.8 Å². The van der Waals surface area contributed by atoms with E-state index in [1.807, 2.05) is 18.2 Å². The average molecular weight is 395 g/mol. The highest BCUT2D eigenvalue weighted by Gasteiger charge is 2.07. The van der Waals surface area contributed by atoms with Gasteiger partial charge in [-0.05, 0) is 42.8 Å². The molecule has 128 valence electrons. The van der Waals surface area contributed by atoms with Gasteiger partial charge < -0.3 is 15.4 Å². The van der Waals surface area contributed by atoms with Gasteiger partial charge >= 0.3 is 0 Å². The number of methoxy groups -OCH3 is 1. The van der Waals surface area contributed by atoms with E-state index >= 15 is 0 Å². The Morgan fingerprint density at radius 1 is 1.21 bits per heavy atom. The summed E-state index contributed by atoms with van der Waals surface area (Å²) in [6, 6.07) is 10.3. The first kappa shape index (κ1) is 18.4. The third kappa shape index (κ3) is 5.04. The molecule has 0 saturated heterocycles. The van der Waals surface area contributed by atoms with E-state index in [4.69, 9.17) is 4.74 Å². The highest BCUT2D eigenvalue weighted by molar-refractivity contribution is 9.10. The number of carbonyl (C=O) groups is 1. The summed E-state index contributed by atoms with van der Waals surface area (Å²) in [4.78, 5) is 12.0. The van der Waals surface area contributed by atoms with Crippen LogP contribution in [0.5, 0.6) is 5.75 Å². The molecule has 0 radical (unpaired) electrons. The van der Waals surface area contributed by atoms with Gasteiger partial charge in [0, 0.05) is 35.2 Å². The zero-order valence-corrected chi connectivity index (χ0v) is 15.2. The summed E-state index contributed by atoms with van der Waals surface area (Å²) in [7, 11) is 1.63. The summed E-state index contributed by atoms with van der Waals surface area (Å²) < 4.78 is 19.8. The van der Waals surface area contributed by atoms with Crippen LogP contribution in [0, 0.1) is 12.7 Å². The maximum atomic E-state index is 13.5. The lowest BCUT2D eigenvalue weighted by molar-refractivity contribution is 0.0953. The fraction of sp³-hybridized carbons (Fsp3) is 0.278. The lowest BCUT2D eigenvalue weighted by atomic mass is 10.1. The molecule has 0 spiro atoms. The van der Waals surface area contributed by atoms with E-state index in [1.165, 1.54) is 6.07 Å². The molecule has 2 aromatic carbocycles. The van der Waals surface area contributed by atoms with Crippen molar-refractivity contribution in [2.75, 3.05) is 20.2 Å². The minimum Gasteiger partial charge on any atom is -0.496 e. The summed E-state index contributed by atoms with van der Waals surface area (Å²) in [5.41, 5.74) is 1.88. The molecule has 0 saturated carbocycles. The number of hydrogen-bond acceptors (Lipinski definition) is 3. The van der Waals surface area contributed by atoms with Gasteiger partial charge in [-0.2, -0.15) is 0 Å². The Morgan fingerprint density at radius 2 is 2.00 bits per heavy atom. The van der Waals surface area contributed by atoms with Gasteiger partial charge in [0.15, 0.2) is 0 Å². The lowest BCUT2D eigenvalue weighted by Crippen LogP contribution is -2.31. The average Bonchev–Trinajstić information content (AvgIpc) is 2.57. The van der Waals surface area contributed by atoms with Crippen molar-refractivity contribution in [2.45, 2.75) is 13.5 Å². The van der Waals surface area contributed by atoms with Crippen LogP contribution >= 0.6 is 15.9 Å². The first-order chi connectivity index (χ1) is 11.5. The summed E-state index contributed by atoms with van der Waals surface area (Å²) >= 11 is 3.43. The number of halogens is 2. The van der Waals surface area contributed by atoms with Crippen LogP contribution in [0.2, 0.25) is 0 Å². The van der Waals surface area contributed by atoms with Gasteiger partial charge in [-0.15, -0.1) is 0 Å². The largest absolute Gasteiger partial charge is 0.496 e. The summed E-state index contributed by atoms with van der Waals surface area (Å²) in [6.07, 6.45) is 0. The van der Waals surface area contributed by atoms with Gasteiger partial charge in [-0.25, -0.2) is 4.39 Å². The molecule has 1 amide bonds. The molecular formula is C18H20BrFN2O2. The number of hydrogen-bond donors (Lipinski definition) is 2. The van der Waals surface area contributed by atoms with Crippen molar-refractivity contribution >= 4 is 21.8 Å². The fourth-order valence-electron chi connectivity index (χ4n) is 2.21. The molecule has 2 N–H and O–H groups in total. The van der Waals surface area contributed by atoms with Crippen LogP contribution in [0.3, 0.4) is 0 Å². The molecule has 6 heteroatoms. The molecule has 0 aliphatic heterocycles. The highest BCUT2D eigenvalue weighted by atomic mass is 79.9. The minimum absolute atomic E-state index is 0.282. The number of ether oxygens (including phenoxy) is 1. The third-order valence-electron chi connectivity index (χ3n) is 3.58. The van der Waals surface area contributed by atoms with Crippen molar-refractivity contribution in [1.29, 1.82) is 0 Å². The first-order valence-corrected chi connectivity index (χ1v) is 8.38. The molecule has 0 fully saturated rings. The topological polar surface area (TPSA) is 50.4 Å². The number of nitrogens with one attached hydrogen (secondary N) is 2. The number of benzene rings is 2. The Labute approximate surface area is 149 Å². The first-order valence-electron chi connectivity index (χ1n) is 7.58. The minimum atomic E-state index is -0.373. The Bertz CT molecular complexity index is 722. The quantitative estimate of drug-likeness (QED) is 0.707. The van der Waals surface area contributed by atoms with Crippen LogP contribution in [-0.4, -0.2) is 26.1 Å². The SMILES string of the molecule is COc1ccc(Br)cc1CNCCNC(=O)c1ccc(C)c(F)c1. The van der Waals surface area contributed by atoms with E-state index in [-0.39, 0.29) is 11.7 Å². The fourth-order valence-corrected chi connectivity index (χ4v) is 2.62. The standard InChI is InChI=1S/C18H20BrFN2O2/c1-12-3-4-13(10-16(12)20)18(23)22-8-7-21-11-14-9-15(19)5-6-17(14)24-2/h3-6,9-10,21H,7-8,11H2,1-2H3,(H,22,23). The van der Waals surface area contributed by atoms with Crippen molar-refractivity contribution < 1.29 is 13.9 Å².